The highest BCUT2D eigenvalue weighted by atomic mass is 32.2. The predicted molar refractivity (Wildman–Crippen MR) is 111 cm³/mol. The quantitative estimate of drug-likeness (QED) is 0.601. The van der Waals surface area contributed by atoms with Crippen molar-refractivity contribution in [1.29, 1.82) is 0 Å². The Labute approximate surface area is 170 Å². The molecule has 0 saturated carbocycles. The summed E-state index contributed by atoms with van der Waals surface area (Å²) in [5.41, 5.74) is 2.10. The Morgan fingerprint density at radius 1 is 1.00 bits per heavy atom. The predicted octanol–water partition coefficient (Wildman–Crippen LogP) is 4.22. The minimum absolute atomic E-state index is 0.0833. The van der Waals surface area contributed by atoms with Gasteiger partial charge in [-0.3, -0.25) is 14.4 Å². The van der Waals surface area contributed by atoms with Crippen molar-refractivity contribution < 1.29 is 18.8 Å². The highest BCUT2D eigenvalue weighted by Gasteiger charge is 2.23. The van der Waals surface area contributed by atoms with E-state index in [1.54, 1.807) is 48.5 Å². The van der Waals surface area contributed by atoms with Gasteiger partial charge in [0.1, 0.15) is 0 Å². The largest absolute Gasteiger partial charge is 0.459 e. The van der Waals surface area contributed by atoms with Crippen LogP contribution in [0.25, 0.3) is 0 Å². The summed E-state index contributed by atoms with van der Waals surface area (Å²) in [4.78, 5) is 37.5. The molecule has 1 atom stereocenters. The van der Waals surface area contributed by atoms with Gasteiger partial charge in [-0.15, -0.1) is 11.8 Å². The van der Waals surface area contributed by atoms with Crippen LogP contribution < -0.4 is 16.0 Å². The van der Waals surface area contributed by atoms with Gasteiger partial charge in [0.25, 0.3) is 11.8 Å². The molecular weight excluding hydrogens is 390 g/mol. The van der Waals surface area contributed by atoms with E-state index in [4.69, 9.17) is 4.42 Å². The Balaban J connectivity index is 1.47. The first-order valence-corrected chi connectivity index (χ1v) is 9.75. The molecular formula is C21H17N3O4S. The molecule has 0 bridgehead atoms. The van der Waals surface area contributed by atoms with E-state index in [0.29, 0.717) is 22.6 Å². The average molecular weight is 407 g/mol. The molecule has 2 aromatic carbocycles. The van der Waals surface area contributed by atoms with Gasteiger partial charge < -0.3 is 20.4 Å². The number of fused-ring (bicyclic) bond motifs is 1. The van der Waals surface area contributed by atoms with Gasteiger partial charge in [0.2, 0.25) is 5.91 Å². The van der Waals surface area contributed by atoms with Crippen LogP contribution in [0.15, 0.2) is 70.2 Å². The maximum absolute atomic E-state index is 12.6. The molecule has 4 rings (SSSR count). The van der Waals surface area contributed by atoms with Crippen LogP contribution in [0.4, 0.5) is 17.1 Å². The van der Waals surface area contributed by atoms with Crippen LogP contribution >= 0.6 is 11.8 Å². The molecule has 0 fully saturated rings. The summed E-state index contributed by atoms with van der Waals surface area (Å²) in [6.07, 6.45) is 1.42. The Bertz CT molecular complexity index is 1100. The SMILES string of the molecule is CC1Sc2ccc(C(=O)Nc3cccc(NC(=O)c4ccco4)c3)cc2NC1=O. The molecule has 1 aliphatic rings. The minimum atomic E-state index is -0.379. The number of furan rings is 1. The molecule has 3 N–H and O–H groups in total. The standard InChI is InChI=1S/C21H17N3O4S/c1-12-19(25)24-16-10-13(7-8-18(16)29-12)20(26)22-14-4-2-5-15(11-14)23-21(27)17-6-3-9-28-17/h2-12H,1H3,(H,22,26)(H,23,27)(H,24,25). The van der Waals surface area contributed by atoms with Gasteiger partial charge >= 0.3 is 0 Å². The number of hydrogen-bond acceptors (Lipinski definition) is 5. The Hall–Kier alpha value is -3.52. The second kappa shape index (κ2) is 7.84. The Kier molecular flexibility index (Phi) is 5.09. The molecule has 3 aromatic rings. The van der Waals surface area contributed by atoms with E-state index < -0.39 is 0 Å². The molecule has 3 amide bonds. The van der Waals surface area contributed by atoms with Crippen LogP contribution in [-0.4, -0.2) is 23.0 Å². The monoisotopic (exact) mass is 407 g/mol. The summed E-state index contributed by atoms with van der Waals surface area (Å²) >= 11 is 1.46. The van der Waals surface area contributed by atoms with Crippen molar-refractivity contribution in [2.75, 3.05) is 16.0 Å². The lowest BCUT2D eigenvalue weighted by Crippen LogP contribution is -2.26. The van der Waals surface area contributed by atoms with Crippen LogP contribution in [0.2, 0.25) is 0 Å². The van der Waals surface area contributed by atoms with Crippen molar-refractivity contribution in [3.8, 4) is 0 Å². The number of anilines is 3. The first-order chi connectivity index (χ1) is 14.0. The average Bonchev–Trinajstić information content (AvgIpc) is 3.24. The van der Waals surface area contributed by atoms with Crippen molar-refractivity contribution in [3.63, 3.8) is 0 Å². The van der Waals surface area contributed by atoms with E-state index in [1.807, 2.05) is 13.0 Å². The van der Waals surface area contributed by atoms with Crippen molar-refractivity contribution >= 4 is 46.5 Å². The molecule has 0 saturated heterocycles. The molecule has 2 heterocycles. The molecule has 1 unspecified atom stereocenters. The van der Waals surface area contributed by atoms with Gasteiger partial charge in [0.05, 0.1) is 17.2 Å². The Morgan fingerprint density at radius 3 is 2.48 bits per heavy atom. The van der Waals surface area contributed by atoms with E-state index in [2.05, 4.69) is 16.0 Å². The van der Waals surface area contributed by atoms with E-state index in [-0.39, 0.29) is 28.7 Å². The zero-order valence-corrected chi connectivity index (χ0v) is 16.2. The third-order valence-corrected chi connectivity index (χ3v) is 5.47. The Morgan fingerprint density at radius 2 is 1.76 bits per heavy atom. The first-order valence-electron chi connectivity index (χ1n) is 8.87. The molecule has 7 nitrogen and oxygen atoms in total. The van der Waals surface area contributed by atoms with Crippen molar-refractivity contribution in [2.24, 2.45) is 0 Å². The summed E-state index contributed by atoms with van der Waals surface area (Å²) in [6, 6.07) is 15.2. The first kappa shape index (κ1) is 18.8. The summed E-state index contributed by atoms with van der Waals surface area (Å²) in [5.74, 6) is -0.585. The minimum Gasteiger partial charge on any atom is -0.459 e. The lowest BCUT2D eigenvalue weighted by Gasteiger charge is -2.21. The smallest absolute Gasteiger partial charge is 0.291 e. The molecule has 29 heavy (non-hydrogen) atoms. The second-order valence-electron chi connectivity index (χ2n) is 6.43. The topological polar surface area (TPSA) is 100 Å². The third kappa shape index (κ3) is 4.17. The summed E-state index contributed by atoms with van der Waals surface area (Å²) < 4.78 is 5.07. The van der Waals surface area contributed by atoms with E-state index in [0.717, 1.165) is 4.90 Å². The van der Waals surface area contributed by atoms with Gasteiger partial charge in [0, 0.05) is 21.8 Å². The highest BCUT2D eigenvalue weighted by molar-refractivity contribution is 8.00. The molecule has 8 heteroatoms. The van der Waals surface area contributed by atoms with Gasteiger partial charge in [-0.1, -0.05) is 6.07 Å². The number of carbonyl (C=O) groups excluding carboxylic acids is 3. The fourth-order valence-electron chi connectivity index (χ4n) is 2.83. The lowest BCUT2D eigenvalue weighted by atomic mass is 10.1. The van der Waals surface area contributed by atoms with Crippen LogP contribution in [-0.2, 0) is 4.79 Å². The molecule has 0 spiro atoms. The summed E-state index contributed by atoms with van der Waals surface area (Å²) in [6.45, 7) is 1.83. The number of rotatable bonds is 4. The molecule has 0 radical (unpaired) electrons. The molecule has 146 valence electrons. The van der Waals surface area contributed by atoms with Gasteiger partial charge in [0.15, 0.2) is 5.76 Å². The fraction of sp³-hybridized carbons (Fsp3) is 0.0952. The molecule has 1 aliphatic heterocycles. The maximum Gasteiger partial charge on any atom is 0.291 e. The number of amides is 3. The van der Waals surface area contributed by atoms with Crippen LogP contribution in [0.3, 0.4) is 0 Å². The highest BCUT2D eigenvalue weighted by Crippen LogP contribution is 2.36. The third-order valence-electron chi connectivity index (χ3n) is 4.30. The number of carbonyl (C=O) groups is 3. The number of hydrogen-bond donors (Lipinski definition) is 3. The molecule has 0 aliphatic carbocycles. The van der Waals surface area contributed by atoms with Crippen molar-refractivity contribution in [1.82, 2.24) is 0 Å². The zero-order chi connectivity index (χ0) is 20.4. The van der Waals surface area contributed by atoms with E-state index >= 15 is 0 Å². The van der Waals surface area contributed by atoms with Crippen LogP contribution in [0, 0.1) is 0 Å². The zero-order valence-electron chi connectivity index (χ0n) is 15.4. The lowest BCUT2D eigenvalue weighted by molar-refractivity contribution is -0.115. The van der Waals surface area contributed by atoms with Gasteiger partial charge in [-0.25, -0.2) is 0 Å². The van der Waals surface area contributed by atoms with E-state index in [1.165, 1.54) is 18.0 Å². The van der Waals surface area contributed by atoms with Crippen molar-refractivity contribution in [2.45, 2.75) is 17.1 Å². The van der Waals surface area contributed by atoms with Crippen LogP contribution in [0.5, 0.6) is 0 Å². The normalized spacial score (nSPS) is 15.2. The fourth-order valence-corrected chi connectivity index (χ4v) is 3.76. The molecule has 1 aromatic heterocycles. The number of benzene rings is 2. The maximum atomic E-state index is 12.6. The number of nitrogens with one attached hydrogen (secondary N) is 3. The van der Waals surface area contributed by atoms with E-state index in [9.17, 15) is 14.4 Å². The van der Waals surface area contributed by atoms with Crippen molar-refractivity contribution in [3.05, 3.63) is 72.2 Å². The number of thioether (sulfide) groups is 1. The summed E-state index contributed by atoms with van der Waals surface area (Å²) in [5, 5.41) is 8.16. The van der Waals surface area contributed by atoms with Gasteiger partial charge in [-0.2, -0.15) is 0 Å². The van der Waals surface area contributed by atoms with Crippen LogP contribution in [0.1, 0.15) is 27.8 Å². The second-order valence-corrected chi connectivity index (χ2v) is 7.81. The summed E-state index contributed by atoms with van der Waals surface area (Å²) in [7, 11) is 0. The van der Waals surface area contributed by atoms with Gasteiger partial charge in [-0.05, 0) is 55.5 Å².